The molecule has 2 amide bonds. The number of halogens is 3. The van der Waals surface area contributed by atoms with Crippen molar-refractivity contribution < 1.29 is 27.4 Å². The maximum absolute atomic E-state index is 12.3. The Hall–Kier alpha value is -2.81. The zero-order valence-electron chi connectivity index (χ0n) is 16.4. The molecule has 0 saturated carbocycles. The molecule has 2 aromatic rings. The van der Waals surface area contributed by atoms with E-state index in [0.29, 0.717) is 25.3 Å². The number of nitrogens with zero attached hydrogens (tertiary/aromatic N) is 1. The second-order valence-corrected chi connectivity index (χ2v) is 7.20. The van der Waals surface area contributed by atoms with Crippen molar-refractivity contribution in [3.8, 4) is 5.88 Å². The summed E-state index contributed by atoms with van der Waals surface area (Å²) in [5, 5.41) is 5.68. The van der Waals surface area contributed by atoms with Crippen LogP contribution in [0, 0.1) is 0 Å². The molecule has 0 spiro atoms. The second kappa shape index (κ2) is 9.80. The van der Waals surface area contributed by atoms with Gasteiger partial charge < -0.3 is 20.1 Å². The zero-order valence-corrected chi connectivity index (χ0v) is 16.4. The first-order chi connectivity index (χ1) is 14.4. The van der Waals surface area contributed by atoms with Gasteiger partial charge in [0.05, 0.1) is 0 Å². The van der Waals surface area contributed by atoms with Crippen molar-refractivity contribution in [1.29, 1.82) is 0 Å². The van der Waals surface area contributed by atoms with Crippen molar-refractivity contribution in [2.75, 3.05) is 26.4 Å². The summed E-state index contributed by atoms with van der Waals surface area (Å²) in [6, 6.07) is 12.6. The van der Waals surface area contributed by atoms with Crippen molar-refractivity contribution in [2.24, 2.45) is 0 Å². The molecular weight excluding hydrogens is 399 g/mol. The lowest BCUT2D eigenvalue weighted by Crippen LogP contribution is -2.47. The second-order valence-electron chi connectivity index (χ2n) is 7.20. The van der Waals surface area contributed by atoms with E-state index in [4.69, 9.17) is 4.74 Å². The lowest BCUT2D eigenvalue weighted by atomic mass is 9.74. The molecule has 1 aliphatic heterocycles. The minimum atomic E-state index is -4.42. The molecule has 1 aromatic heterocycles. The Balaban J connectivity index is 1.49. The molecule has 30 heavy (non-hydrogen) atoms. The predicted octanol–water partition coefficient (Wildman–Crippen LogP) is 3.57. The summed E-state index contributed by atoms with van der Waals surface area (Å²) in [5.74, 6) is -0.121. The number of ether oxygens (including phenoxy) is 2. The molecule has 3 rings (SSSR count). The first-order valence-electron chi connectivity index (χ1n) is 9.66. The van der Waals surface area contributed by atoms with E-state index in [0.717, 1.165) is 12.8 Å². The van der Waals surface area contributed by atoms with Gasteiger partial charge in [-0.2, -0.15) is 13.2 Å². The molecule has 0 aliphatic carbocycles. The van der Waals surface area contributed by atoms with Crippen LogP contribution in [0.25, 0.3) is 0 Å². The van der Waals surface area contributed by atoms with Crippen LogP contribution in [-0.4, -0.2) is 43.6 Å². The van der Waals surface area contributed by atoms with Crippen molar-refractivity contribution in [3.05, 3.63) is 59.8 Å². The van der Waals surface area contributed by atoms with E-state index in [-0.39, 0.29) is 23.9 Å². The van der Waals surface area contributed by atoms with Crippen molar-refractivity contribution in [1.82, 2.24) is 15.6 Å². The summed E-state index contributed by atoms with van der Waals surface area (Å²) in [5.41, 5.74) is 1.65. The highest BCUT2D eigenvalue weighted by Crippen LogP contribution is 2.34. The first-order valence-corrected chi connectivity index (χ1v) is 9.66. The third kappa shape index (κ3) is 6.35. The molecule has 6 nitrogen and oxygen atoms in total. The fourth-order valence-electron chi connectivity index (χ4n) is 3.37. The quantitative estimate of drug-likeness (QED) is 0.714. The Labute approximate surface area is 172 Å². The van der Waals surface area contributed by atoms with Crippen LogP contribution in [0.15, 0.2) is 48.7 Å². The Morgan fingerprint density at radius 3 is 2.47 bits per heavy atom. The lowest BCUT2D eigenvalue weighted by molar-refractivity contribution is -0.154. The Bertz CT molecular complexity index is 808. The summed E-state index contributed by atoms with van der Waals surface area (Å²) in [7, 11) is 0. The van der Waals surface area contributed by atoms with E-state index in [1.54, 1.807) is 6.07 Å². The van der Waals surface area contributed by atoms with Gasteiger partial charge in [0.2, 0.25) is 5.88 Å². The van der Waals surface area contributed by atoms with Gasteiger partial charge in [0.15, 0.2) is 6.61 Å². The van der Waals surface area contributed by atoms with E-state index in [1.807, 2.05) is 18.2 Å². The van der Waals surface area contributed by atoms with Gasteiger partial charge in [0, 0.05) is 44.0 Å². The molecule has 1 aliphatic rings. The van der Waals surface area contributed by atoms with Gasteiger partial charge in [-0.15, -0.1) is 0 Å². The summed E-state index contributed by atoms with van der Waals surface area (Å²) < 4.78 is 46.5. The summed E-state index contributed by atoms with van der Waals surface area (Å²) >= 11 is 0. The van der Waals surface area contributed by atoms with E-state index >= 15 is 0 Å². The van der Waals surface area contributed by atoms with E-state index in [2.05, 4.69) is 32.5 Å². The topological polar surface area (TPSA) is 72.5 Å². The number of carbonyl (C=O) groups excluding carboxylic acids is 1. The van der Waals surface area contributed by atoms with Gasteiger partial charge >= 0.3 is 12.2 Å². The molecule has 162 valence electrons. The van der Waals surface area contributed by atoms with Crippen LogP contribution in [0.3, 0.4) is 0 Å². The molecule has 9 heteroatoms. The average Bonchev–Trinajstić information content (AvgIpc) is 2.76. The van der Waals surface area contributed by atoms with Gasteiger partial charge in [-0.1, -0.05) is 36.4 Å². The van der Waals surface area contributed by atoms with Crippen LogP contribution in [-0.2, 0) is 16.7 Å². The van der Waals surface area contributed by atoms with Crippen molar-refractivity contribution in [3.63, 3.8) is 0 Å². The highest BCUT2D eigenvalue weighted by Gasteiger charge is 2.34. The number of aromatic nitrogens is 1. The standard InChI is InChI=1S/C21H24F3N3O3/c22-21(23,24)15-30-18-7-6-16(12-25-18)13-26-19(28)27-14-20(8-10-29-11-9-20)17-4-2-1-3-5-17/h1-7,12H,8-11,13-15H2,(H2,26,27,28). The van der Waals surface area contributed by atoms with Gasteiger partial charge in [-0.25, -0.2) is 9.78 Å². The molecule has 0 unspecified atom stereocenters. The molecule has 2 heterocycles. The Kier molecular flexibility index (Phi) is 7.15. The highest BCUT2D eigenvalue weighted by atomic mass is 19.4. The smallest absolute Gasteiger partial charge is 0.422 e. The summed E-state index contributed by atoms with van der Waals surface area (Å²) in [6.45, 7) is 0.571. The highest BCUT2D eigenvalue weighted by molar-refractivity contribution is 5.74. The van der Waals surface area contributed by atoms with Crippen LogP contribution in [0.4, 0.5) is 18.0 Å². The van der Waals surface area contributed by atoms with E-state index in [1.165, 1.54) is 17.8 Å². The maximum Gasteiger partial charge on any atom is 0.422 e. The number of alkyl halides is 3. The number of benzene rings is 1. The molecule has 2 N–H and O–H groups in total. The number of hydrogen-bond donors (Lipinski definition) is 2. The fourth-order valence-corrected chi connectivity index (χ4v) is 3.37. The van der Waals surface area contributed by atoms with Gasteiger partial charge in [-0.3, -0.25) is 0 Å². The molecule has 0 radical (unpaired) electrons. The van der Waals surface area contributed by atoms with Crippen LogP contribution in [0.1, 0.15) is 24.0 Å². The van der Waals surface area contributed by atoms with Gasteiger partial charge in [-0.05, 0) is 24.0 Å². The third-order valence-electron chi connectivity index (χ3n) is 5.06. The fraction of sp³-hybridized carbons (Fsp3) is 0.429. The van der Waals surface area contributed by atoms with Crippen molar-refractivity contribution in [2.45, 2.75) is 31.0 Å². The largest absolute Gasteiger partial charge is 0.468 e. The number of rotatable bonds is 7. The molecule has 1 saturated heterocycles. The number of urea groups is 1. The third-order valence-corrected chi connectivity index (χ3v) is 5.06. The zero-order chi connectivity index (χ0) is 21.5. The first kappa shape index (κ1) is 21.9. The SMILES string of the molecule is O=C(NCc1ccc(OCC(F)(F)F)nc1)NCC1(c2ccccc2)CCOCC1. The molecule has 1 fully saturated rings. The minimum Gasteiger partial charge on any atom is -0.468 e. The van der Waals surface area contributed by atoms with Gasteiger partial charge in [0.25, 0.3) is 0 Å². The monoisotopic (exact) mass is 423 g/mol. The Morgan fingerprint density at radius 2 is 1.83 bits per heavy atom. The van der Waals surface area contributed by atoms with Gasteiger partial charge in [0.1, 0.15) is 0 Å². The average molecular weight is 423 g/mol. The molecule has 0 bridgehead atoms. The van der Waals surface area contributed by atoms with Crippen LogP contribution in [0.2, 0.25) is 0 Å². The number of hydrogen-bond acceptors (Lipinski definition) is 4. The number of pyridine rings is 1. The van der Waals surface area contributed by atoms with E-state index < -0.39 is 12.8 Å². The molecule has 0 atom stereocenters. The minimum absolute atomic E-state index is 0.121. The van der Waals surface area contributed by atoms with Crippen molar-refractivity contribution >= 4 is 6.03 Å². The van der Waals surface area contributed by atoms with Crippen LogP contribution < -0.4 is 15.4 Å². The number of nitrogens with one attached hydrogen (secondary N) is 2. The Morgan fingerprint density at radius 1 is 1.10 bits per heavy atom. The summed E-state index contributed by atoms with van der Waals surface area (Å²) in [4.78, 5) is 16.1. The normalized spacial score (nSPS) is 16.0. The van der Waals surface area contributed by atoms with Crippen LogP contribution in [0.5, 0.6) is 5.88 Å². The summed E-state index contributed by atoms with van der Waals surface area (Å²) in [6.07, 6.45) is -1.40. The number of carbonyl (C=O) groups is 1. The number of amides is 2. The molecular formula is C21H24F3N3O3. The van der Waals surface area contributed by atoms with E-state index in [9.17, 15) is 18.0 Å². The molecule has 1 aromatic carbocycles. The predicted molar refractivity (Wildman–Crippen MR) is 104 cm³/mol. The maximum atomic E-state index is 12.3. The van der Waals surface area contributed by atoms with Crippen LogP contribution >= 0.6 is 0 Å². The lowest BCUT2D eigenvalue weighted by Gasteiger charge is -2.38.